The van der Waals surface area contributed by atoms with Crippen molar-refractivity contribution in [3.8, 4) is 0 Å². The van der Waals surface area contributed by atoms with Crippen LogP contribution in [0.15, 0.2) is 35.4 Å². The van der Waals surface area contributed by atoms with E-state index in [1.54, 1.807) is 40.4 Å². The van der Waals surface area contributed by atoms with Crippen molar-refractivity contribution >= 4 is 27.5 Å². The number of aryl methyl sites for hydroxylation is 1. The first-order chi connectivity index (χ1) is 12.6. The number of hydrogen-bond donors (Lipinski definition) is 0. The number of benzene rings is 1. The summed E-state index contributed by atoms with van der Waals surface area (Å²) in [6.45, 7) is 2.64. The summed E-state index contributed by atoms with van der Waals surface area (Å²) in [5.74, 6) is 0.285. The molecule has 0 unspecified atom stereocenters. The molecule has 1 aliphatic rings. The standard InChI is InChI=1S/C20H20N2O3S/c1-12-6-7-15-16(8-12)26-18-17(15)19(23)22(11-21-18)10-13-4-3-5-14(9-13)20(24)25-2/h3-5,9,11-12H,6-8,10H2,1-2H3/t12-/m0/s1. The first kappa shape index (κ1) is 17.0. The molecule has 5 nitrogen and oxygen atoms in total. The van der Waals surface area contributed by atoms with Crippen LogP contribution in [0.4, 0.5) is 0 Å². The number of fused-ring (bicyclic) bond motifs is 3. The summed E-state index contributed by atoms with van der Waals surface area (Å²) in [6, 6.07) is 7.16. The number of rotatable bonds is 3. The van der Waals surface area contributed by atoms with Gasteiger partial charge in [-0.15, -0.1) is 11.3 Å². The van der Waals surface area contributed by atoms with E-state index in [1.165, 1.54) is 17.6 Å². The van der Waals surface area contributed by atoms with Crippen LogP contribution in [0.1, 0.15) is 39.7 Å². The van der Waals surface area contributed by atoms with Crippen molar-refractivity contribution in [2.75, 3.05) is 7.11 Å². The van der Waals surface area contributed by atoms with Gasteiger partial charge in [0.1, 0.15) is 4.83 Å². The number of methoxy groups -OCH3 is 1. The van der Waals surface area contributed by atoms with Crippen LogP contribution in [-0.4, -0.2) is 22.6 Å². The van der Waals surface area contributed by atoms with E-state index in [-0.39, 0.29) is 11.5 Å². The number of nitrogens with zero attached hydrogens (tertiary/aromatic N) is 2. The fourth-order valence-electron chi connectivity index (χ4n) is 3.59. The number of carbonyl (C=O) groups is 1. The minimum absolute atomic E-state index is 0.00511. The Bertz CT molecular complexity index is 1050. The van der Waals surface area contributed by atoms with E-state index < -0.39 is 0 Å². The molecule has 2 heterocycles. The normalized spacial score (nSPS) is 16.5. The Morgan fingerprint density at radius 1 is 1.42 bits per heavy atom. The number of ether oxygens (including phenoxy) is 1. The summed E-state index contributed by atoms with van der Waals surface area (Å²) < 4.78 is 6.39. The lowest BCUT2D eigenvalue weighted by Crippen LogP contribution is -2.22. The molecule has 134 valence electrons. The van der Waals surface area contributed by atoms with Gasteiger partial charge in [0.05, 0.1) is 30.9 Å². The molecule has 0 fully saturated rings. The summed E-state index contributed by atoms with van der Waals surface area (Å²) in [4.78, 5) is 31.5. The van der Waals surface area contributed by atoms with Crippen molar-refractivity contribution in [2.45, 2.75) is 32.7 Å². The third-order valence-electron chi connectivity index (χ3n) is 4.98. The molecule has 1 atom stereocenters. The summed E-state index contributed by atoms with van der Waals surface area (Å²) in [7, 11) is 1.36. The second kappa shape index (κ2) is 6.68. The van der Waals surface area contributed by atoms with Gasteiger partial charge < -0.3 is 4.74 Å². The van der Waals surface area contributed by atoms with Crippen molar-refractivity contribution in [1.82, 2.24) is 9.55 Å². The van der Waals surface area contributed by atoms with Gasteiger partial charge in [0.2, 0.25) is 0 Å². The van der Waals surface area contributed by atoms with Crippen LogP contribution in [-0.2, 0) is 24.1 Å². The van der Waals surface area contributed by atoms with E-state index in [2.05, 4.69) is 11.9 Å². The van der Waals surface area contributed by atoms with Crippen molar-refractivity contribution in [1.29, 1.82) is 0 Å². The van der Waals surface area contributed by atoms with Crippen LogP contribution < -0.4 is 5.56 Å². The fraction of sp³-hybridized carbons (Fsp3) is 0.350. The highest BCUT2D eigenvalue weighted by Gasteiger charge is 2.23. The number of thiophene rings is 1. The second-order valence-electron chi connectivity index (χ2n) is 6.90. The molecule has 4 rings (SSSR count). The quantitative estimate of drug-likeness (QED) is 0.665. The van der Waals surface area contributed by atoms with E-state index in [4.69, 9.17) is 4.74 Å². The Kier molecular flexibility index (Phi) is 4.36. The van der Waals surface area contributed by atoms with Gasteiger partial charge in [-0.3, -0.25) is 9.36 Å². The maximum atomic E-state index is 13.1. The number of aromatic nitrogens is 2. The Morgan fingerprint density at radius 3 is 3.08 bits per heavy atom. The predicted molar refractivity (Wildman–Crippen MR) is 102 cm³/mol. The topological polar surface area (TPSA) is 61.2 Å². The maximum Gasteiger partial charge on any atom is 0.337 e. The summed E-state index contributed by atoms with van der Waals surface area (Å²) in [6.07, 6.45) is 4.72. The zero-order chi connectivity index (χ0) is 18.3. The zero-order valence-corrected chi connectivity index (χ0v) is 15.6. The fourth-order valence-corrected chi connectivity index (χ4v) is 4.93. The molecule has 2 aromatic heterocycles. The van der Waals surface area contributed by atoms with Crippen LogP contribution in [0.25, 0.3) is 10.2 Å². The van der Waals surface area contributed by atoms with Crippen molar-refractivity contribution in [3.63, 3.8) is 0 Å². The van der Waals surface area contributed by atoms with Crippen LogP contribution in [0.5, 0.6) is 0 Å². The molecule has 0 bridgehead atoms. The van der Waals surface area contributed by atoms with Gasteiger partial charge in [-0.1, -0.05) is 19.1 Å². The van der Waals surface area contributed by atoms with Gasteiger partial charge in [0.15, 0.2) is 0 Å². The number of esters is 1. The molecule has 0 spiro atoms. The van der Waals surface area contributed by atoms with Crippen molar-refractivity contribution < 1.29 is 9.53 Å². The van der Waals surface area contributed by atoms with Crippen LogP contribution in [0.3, 0.4) is 0 Å². The SMILES string of the molecule is COC(=O)c1cccc(Cn2cnc3sc4c(c3c2=O)CC[C@H](C)C4)c1. The Labute approximate surface area is 155 Å². The monoisotopic (exact) mass is 368 g/mol. The average molecular weight is 368 g/mol. The third-order valence-corrected chi connectivity index (χ3v) is 6.15. The van der Waals surface area contributed by atoms with Crippen molar-refractivity contribution in [3.05, 3.63) is 62.5 Å². The van der Waals surface area contributed by atoms with E-state index in [1.807, 2.05) is 6.07 Å². The molecule has 3 aromatic rings. The van der Waals surface area contributed by atoms with Crippen LogP contribution in [0.2, 0.25) is 0 Å². The molecule has 1 aliphatic carbocycles. The highest BCUT2D eigenvalue weighted by Crippen LogP contribution is 2.35. The highest BCUT2D eigenvalue weighted by molar-refractivity contribution is 7.18. The molecule has 0 saturated carbocycles. The van der Waals surface area contributed by atoms with Crippen LogP contribution >= 0.6 is 11.3 Å². The molecule has 6 heteroatoms. The molecular weight excluding hydrogens is 348 g/mol. The third kappa shape index (κ3) is 2.94. The van der Waals surface area contributed by atoms with E-state index >= 15 is 0 Å². The first-order valence-corrected chi connectivity index (χ1v) is 9.55. The van der Waals surface area contributed by atoms with E-state index in [0.29, 0.717) is 18.0 Å². The average Bonchev–Trinajstić information content (AvgIpc) is 3.01. The minimum atomic E-state index is -0.381. The molecule has 0 N–H and O–H groups in total. The molecule has 0 amide bonds. The molecular formula is C20H20N2O3S. The van der Waals surface area contributed by atoms with Gasteiger partial charge in [0.25, 0.3) is 5.56 Å². The lowest BCUT2D eigenvalue weighted by Gasteiger charge is -2.17. The number of hydrogen-bond acceptors (Lipinski definition) is 5. The smallest absolute Gasteiger partial charge is 0.337 e. The predicted octanol–water partition coefficient (Wildman–Crippen LogP) is 3.42. The van der Waals surface area contributed by atoms with Crippen LogP contribution in [0, 0.1) is 5.92 Å². The largest absolute Gasteiger partial charge is 0.465 e. The lowest BCUT2D eigenvalue weighted by atomic mass is 9.89. The number of carbonyl (C=O) groups excluding carboxylic acids is 1. The summed E-state index contributed by atoms with van der Waals surface area (Å²) in [5, 5.41) is 0.781. The maximum absolute atomic E-state index is 13.1. The van der Waals surface area contributed by atoms with E-state index in [0.717, 1.165) is 35.0 Å². The Morgan fingerprint density at radius 2 is 2.27 bits per heavy atom. The van der Waals surface area contributed by atoms with Gasteiger partial charge in [-0.2, -0.15) is 0 Å². The lowest BCUT2D eigenvalue weighted by molar-refractivity contribution is 0.0600. The van der Waals surface area contributed by atoms with Gasteiger partial charge in [0, 0.05) is 4.88 Å². The van der Waals surface area contributed by atoms with E-state index in [9.17, 15) is 9.59 Å². The second-order valence-corrected chi connectivity index (χ2v) is 7.99. The summed E-state index contributed by atoms with van der Waals surface area (Å²) in [5.41, 5.74) is 2.55. The molecule has 0 radical (unpaired) electrons. The molecule has 0 aliphatic heterocycles. The first-order valence-electron chi connectivity index (χ1n) is 8.73. The minimum Gasteiger partial charge on any atom is -0.465 e. The Hall–Kier alpha value is -2.47. The van der Waals surface area contributed by atoms with Gasteiger partial charge in [-0.05, 0) is 48.4 Å². The zero-order valence-electron chi connectivity index (χ0n) is 14.8. The molecule has 1 aromatic carbocycles. The summed E-state index contributed by atoms with van der Waals surface area (Å²) >= 11 is 1.66. The van der Waals surface area contributed by atoms with Gasteiger partial charge >= 0.3 is 5.97 Å². The molecule has 0 saturated heterocycles. The van der Waals surface area contributed by atoms with Crippen molar-refractivity contribution in [2.24, 2.45) is 5.92 Å². The van der Waals surface area contributed by atoms with Gasteiger partial charge in [-0.25, -0.2) is 9.78 Å². The highest BCUT2D eigenvalue weighted by atomic mass is 32.1. The molecule has 26 heavy (non-hydrogen) atoms. The Balaban J connectivity index is 1.73.